The van der Waals surface area contributed by atoms with E-state index in [1.54, 1.807) is 19.2 Å². The number of H-pyrrole nitrogens is 1. The average Bonchev–Trinajstić information content (AvgIpc) is 2.74. The Kier molecular flexibility index (Phi) is 4.56. The summed E-state index contributed by atoms with van der Waals surface area (Å²) in [4.78, 5) is 0.956. The zero-order valence-corrected chi connectivity index (χ0v) is 12.6. The van der Waals surface area contributed by atoms with Gasteiger partial charge in [0.2, 0.25) is 10.0 Å². The lowest BCUT2D eigenvalue weighted by Crippen LogP contribution is -2.18. The molecule has 0 amide bonds. The second-order valence-electron chi connectivity index (χ2n) is 4.27. The summed E-state index contributed by atoms with van der Waals surface area (Å²) < 4.78 is 26.3. The molecule has 0 saturated heterocycles. The lowest BCUT2D eigenvalue weighted by atomic mass is 10.3. The predicted octanol–water partition coefficient (Wildman–Crippen LogP) is 1.83. The van der Waals surface area contributed by atoms with Crippen LogP contribution in [0.1, 0.15) is 5.56 Å². The molecule has 0 atom stereocenters. The summed E-state index contributed by atoms with van der Waals surface area (Å²) in [5, 5.41) is 6.39. The third kappa shape index (κ3) is 4.17. The number of rotatable bonds is 6. The van der Waals surface area contributed by atoms with E-state index in [9.17, 15) is 8.42 Å². The van der Waals surface area contributed by atoms with Gasteiger partial charge in [-0.15, -0.1) is 11.8 Å². The molecule has 0 aliphatic heterocycles. The zero-order chi connectivity index (χ0) is 14.6. The smallest absolute Gasteiger partial charge is 0.234 e. The number of anilines is 2. The van der Waals surface area contributed by atoms with Crippen molar-refractivity contribution in [1.82, 2.24) is 10.2 Å². The quantitative estimate of drug-likeness (QED) is 0.558. The molecule has 2 rings (SSSR count). The van der Waals surface area contributed by atoms with Crippen molar-refractivity contribution in [3.8, 4) is 0 Å². The van der Waals surface area contributed by atoms with E-state index in [4.69, 9.17) is 5.73 Å². The number of hydrogen-bond acceptors (Lipinski definition) is 5. The van der Waals surface area contributed by atoms with Gasteiger partial charge in [0.05, 0.1) is 11.9 Å². The van der Waals surface area contributed by atoms with E-state index in [0.717, 1.165) is 10.5 Å². The molecule has 0 unspecified atom stereocenters. The lowest BCUT2D eigenvalue weighted by molar-refractivity contribution is 0.602. The van der Waals surface area contributed by atoms with Crippen LogP contribution in [0.3, 0.4) is 0 Å². The Morgan fingerprint density at radius 3 is 2.90 bits per heavy atom. The van der Waals surface area contributed by atoms with Crippen molar-refractivity contribution < 1.29 is 8.42 Å². The van der Waals surface area contributed by atoms with Gasteiger partial charge < -0.3 is 5.73 Å². The van der Waals surface area contributed by atoms with Crippen LogP contribution in [0.4, 0.5) is 11.5 Å². The number of nitrogens with zero attached hydrogens (tertiary/aromatic N) is 1. The molecule has 0 fully saturated rings. The van der Waals surface area contributed by atoms with Crippen LogP contribution in [0, 0.1) is 6.92 Å². The van der Waals surface area contributed by atoms with Crippen LogP contribution in [-0.2, 0) is 10.0 Å². The maximum Gasteiger partial charge on any atom is 0.234 e. The van der Waals surface area contributed by atoms with Crippen molar-refractivity contribution in [2.75, 3.05) is 22.0 Å². The summed E-state index contributed by atoms with van der Waals surface area (Å²) in [6, 6.07) is 7.37. The van der Waals surface area contributed by atoms with E-state index < -0.39 is 10.0 Å². The minimum absolute atomic E-state index is 0.0188. The van der Waals surface area contributed by atoms with Crippen molar-refractivity contribution in [1.29, 1.82) is 0 Å². The molecule has 8 heteroatoms. The Labute approximate surface area is 122 Å². The van der Waals surface area contributed by atoms with Crippen molar-refractivity contribution in [2.24, 2.45) is 0 Å². The summed E-state index contributed by atoms with van der Waals surface area (Å²) in [6.45, 7) is 1.78. The van der Waals surface area contributed by atoms with Gasteiger partial charge in [-0.2, -0.15) is 5.10 Å². The molecule has 0 spiro atoms. The summed E-state index contributed by atoms with van der Waals surface area (Å²) in [6.07, 6.45) is 1.57. The number of sulfonamides is 1. The molecule has 6 nitrogen and oxygen atoms in total. The van der Waals surface area contributed by atoms with Crippen LogP contribution in [-0.4, -0.2) is 30.1 Å². The van der Waals surface area contributed by atoms with Gasteiger partial charge in [-0.05, 0) is 25.1 Å². The van der Waals surface area contributed by atoms with Crippen molar-refractivity contribution in [3.63, 3.8) is 0 Å². The maximum atomic E-state index is 11.9. The highest BCUT2D eigenvalue weighted by atomic mass is 32.2. The summed E-state index contributed by atoms with van der Waals surface area (Å²) in [5.74, 6) is 0.885. The molecule has 0 bridgehead atoms. The second-order valence-corrected chi connectivity index (χ2v) is 7.28. The van der Waals surface area contributed by atoms with Crippen LogP contribution in [0.2, 0.25) is 0 Å². The number of nitrogens with one attached hydrogen (secondary N) is 2. The first-order valence-electron chi connectivity index (χ1n) is 5.95. The Bertz CT molecular complexity index is 682. The number of aromatic nitrogens is 2. The van der Waals surface area contributed by atoms with Crippen LogP contribution in [0.15, 0.2) is 35.4 Å². The van der Waals surface area contributed by atoms with Crippen LogP contribution in [0.5, 0.6) is 0 Å². The van der Waals surface area contributed by atoms with Gasteiger partial charge in [-0.1, -0.05) is 6.07 Å². The first-order chi connectivity index (χ1) is 9.46. The van der Waals surface area contributed by atoms with Crippen LogP contribution >= 0.6 is 11.8 Å². The van der Waals surface area contributed by atoms with E-state index in [1.807, 2.05) is 18.2 Å². The Hall–Kier alpha value is -1.67. The van der Waals surface area contributed by atoms with E-state index in [2.05, 4.69) is 14.9 Å². The molecular weight excluding hydrogens is 296 g/mol. The Morgan fingerprint density at radius 2 is 2.25 bits per heavy atom. The van der Waals surface area contributed by atoms with Crippen molar-refractivity contribution in [2.45, 2.75) is 11.8 Å². The first kappa shape index (κ1) is 14.7. The molecule has 4 N–H and O–H groups in total. The number of nitrogen functional groups attached to an aromatic ring is 1. The second kappa shape index (κ2) is 6.19. The number of aromatic amines is 1. The number of thioether (sulfide) groups is 1. The fourth-order valence-electron chi connectivity index (χ4n) is 1.53. The van der Waals surface area contributed by atoms with Crippen molar-refractivity contribution >= 4 is 33.3 Å². The monoisotopic (exact) mass is 312 g/mol. The Morgan fingerprint density at radius 1 is 1.45 bits per heavy atom. The highest BCUT2D eigenvalue weighted by Crippen LogP contribution is 2.20. The highest BCUT2D eigenvalue weighted by molar-refractivity contribution is 8.01. The molecule has 0 radical (unpaired) electrons. The zero-order valence-electron chi connectivity index (χ0n) is 11.0. The van der Waals surface area contributed by atoms with Gasteiger partial charge in [-0.3, -0.25) is 9.82 Å². The molecule has 1 aromatic carbocycles. The standard InChI is InChI=1S/C12H16N4O2S2/c1-9-8-14-15-12(9)16-20(17,18)6-5-19-11-4-2-3-10(13)7-11/h2-4,7-8H,5-6,13H2,1H3,(H2,14,15,16). The maximum absolute atomic E-state index is 11.9. The molecule has 2 aromatic rings. The lowest BCUT2D eigenvalue weighted by Gasteiger charge is -2.07. The third-order valence-corrected chi connectivity index (χ3v) is 5.08. The molecule has 0 saturated carbocycles. The Balaban J connectivity index is 1.88. The largest absolute Gasteiger partial charge is 0.399 e. The molecule has 108 valence electrons. The number of nitrogens with two attached hydrogens (primary N) is 1. The van der Waals surface area contributed by atoms with Gasteiger partial charge >= 0.3 is 0 Å². The van der Waals surface area contributed by atoms with Gasteiger partial charge in [0.25, 0.3) is 0 Å². The predicted molar refractivity (Wildman–Crippen MR) is 82.3 cm³/mol. The molecule has 1 heterocycles. The van der Waals surface area contributed by atoms with Crippen LogP contribution in [0.25, 0.3) is 0 Å². The number of hydrogen-bond donors (Lipinski definition) is 3. The van der Waals surface area contributed by atoms with Gasteiger partial charge in [0, 0.05) is 21.9 Å². The highest BCUT2D eigenvalue weighted by Gasteiger charge is 2.13. The summed E-state index contributed by atoms with van der Waals surface area (Å²) >= 11 is 1.45. The minimum Gasteiger partial charge on any atom is -0.399 e. The normalized spacial score (nSPS) is 11.4. The SMILES string of the molecule is Cc1cn[nH]c1NS(=O)(=O)CCSc1cccc(N)c1. The number of benzene rings is 1. The van der Waals surface area contributed by atoms with E-state index in [-0.39, 0.29) is 5.75 Å². The van der Waals surface area contributed by atoms with E-state index in [1.165, 1.54) is 11.8 Å². The van der Waals surface area contributed by atoms with E-state index >= 15 is 0 Å². The summed E-state index contributed by atoms with van der Waals surface area (Å²) in [7, 11) is -3.38. The number of aryl methyl sites for hydroxylation is 1. The topological polar surface area (TPSA) is 101 Å². The fraction of sp³-hybridized carbons (Fsp3) is 0.250. The molecular formula is C12H16N4O2S2. The first-order valence-corrected chi connectivity index (χ1v) is 8.59. The molecule has 20 heavy (non-hydrogen) atoms. The third-order valence-electron chi connectivity index (χ3n) is 2.57. The van der Waals surface area contributed by atoms with Gasteiger partial charge in [0.15, 0.2) is 0 Å². The van der Waals surface area contributed by atoms with Crippen molar-refractivity contribution in [3.05, 3.63) is 36.0 Å². The average molecular weight is 312 g/mol. The van der Waals surface area contributed by atoms with Crippen LogP contribution < -0.4 is 10.5 Å². The summed E-state index contributed by atoms with van der Waals surface area (Å²) in [5.41, 5.74) is 7.10. The minimum atomic E-state index is -3.38. The molecule has 1 aromatic heterocycles. The van der Waals surface area contributed by atoms with Gasteiger partial charge in [-0.25, -0.2) is 8.42 Å². The van der Waals surface area contributed by atoms with Gasteiger partial charge in [0.1, 0.15) is 5.82 Å². The molecule has 0 aliphatic rings. The van der Waals surface area contributed by atoms with E-state index in [0.29, 0.717) is 17.3 Å². The fourth-order valence-corrected chi connectivity index (χ4v) is 3.99. The molecule has 0 aliphatic carbocycles.